The molecule has 102 valence electrons. The predicted molar refractivity (Wildman–Crippen MR) is 77.0 cm³/mol. The van der Waals surface area contributed by atoms with Crippen LogP contribution in [0.25, 0.3) is 0 Å². The first-order valence-corrected chi connectivity index (χ1v) is 7.07. The number of nitrogens with zero attached hydrogens (tertiary/aromatic N) is 2. The molecular weight excluding hydrogens is 222 g/mol. The fraction of sp³-hybridized carbons (Fsp3) is 0.733. The van der Waals surface area contributed by atoms with E-state index in [9.17, 15) is 0 Å². The molecule has 0 spiro atoms. The van der Waals surface area contributed by atoms with Crippen molar-refractivity contribution >= 4 is 0 Å². The third kappa shape index (κ3) is 2.41. The van der Waals surface area contributed by atoms with Crippen LogP contribution in [0, 0.1) is 5.92 Å². The van der Waals surface area contributed by atoms with Gasteiger partial charge in [-0.15, -0.1) is 0 Å². The first-order chi connectivity index (χ1) is 8.46. The fourth-order valence-corrected chi connectivity index (χ4v) is 3.30. The topological polar surface area (TPSA) is 18.5 Å². The molecule has 0 aliphatic carbocycles. The van der Waals surface area contributed by atoms with Crippen molar-refractivity contribution < 1.29 is 0 Å². The molecule has 2 atom stereocenters. The summed E-state index contributed by atoms with van der Waals surface area (Å²) in [4.78, 5) is 4.63. The molecular formula is C15H27N3. The molecule has 2 saturated heterocycles. The van der Waals surface area contributed by atoms with Gasteiger partial charge in [-0.05, 0) is 38.8 Å². The van der Waals surface area contributed by atoms with Crippen LogP contribution in [0.3, 0.4) is 0 Å². The van der Waals surface area contributed by atoms with Gasteiger partial charge in [0.2, 0.25) is 0 Å². The summed E-state index contributed by atoms with van der Waals surface area (Å²) in [5, 5.41) is 3.63. The summed E-state index contributed by atoms with van der Waals surface area (Å²) in [6.45, 7) is 16.5. The van der Waals surface area contributed by atoms with Crippen LogP contribution in [-0.4, -0.2) is 42.0 Å². The maximum absolute atomic E-state index is 4.19. The van der Waals surface area contributed by atoms with E-state index in [-0.39, 0.29) is 5.54 Å². The molecule has 2 aliphatic rings. The summed E-state index contributed by atoms with van der Waals surface area (Å²) >= 11 is 0. The highest BCUT2D eigenvalue weighted by molar-refractivity contribution is 5.18. The van der Waals surface area contributed by atoms with Crippen molar-refractivity contribution in [3.63, 3.8) is 0 Å². The summed E-state index contributed by atoms with van der Waals surface area (Å²) in [5.41, 5.74) is 1.30. The molecule has 0 aromatic carbocycles. The van der Waals surface area contributed by atoms with Crippen molar-refractivity contribution in [2.24, 2.45) is 5.92 Å². The van der Waals surface area contributed by atoms with Crippen molar-refractivity contribution in [1.82, 2.24) is 15.1 Å². The standard InChI is InChI=1S/C15H27N3/c1-6-18-9-7-8-14(11-18)15(4)10-12(2)17(5)13(3)16-15/h14,16H,2-3,6-11H2,1,4-5H3/t14?,15-/m0/s1. The predicted octanol–water partition coefficient (Wildman–Crippen LogP) is 2.39. The molecule has 1 N–H and O–H groups in total. The van der Waals surface area contributed by atoms with E-state index >= 15 is 0 Å². The van der Waals surface area contributed by atoms with Gasteiger partial charge in [0.25, 0.3) is 0 Å². The average Bonchev–Trinajstić information content (AvgIpc) is 2.36. The monoisotopic (exact) mass is 249 g/mol. The lowest BCUT2D eigenvalue weighted by Gasteiger charge is -2.50. The maximum Gasteiger partial charge on any atom is 0.0982 e. The van der Waals surface area contributed by atoms with E-state index in [4.69, 9.17) is 0 Å². The van der Waals surface area contributed by atoms with Gasteiger partial charge in [0.1, 0.15) is 0 Å². The minimum absolute atomic E-state index is 0.120. The third-order valence-corrected chi connectivity index (χ3v) is 4.73. The van der Waals surface area contributed by atoms with Gasteiger partial charge in [-0.2, -0.15) is 0 Å². The van der Waals surface area contributed by atoms with Gasteiger partial charge < -0.3 is 15.1 Å². The number of nitrogens with one attached hydrogen (secondary N) is 1. The van der Waals surface area contributed by atoms with E-state index in [0.29, 0.717) is 5.92 Å². The first kappa shape index (κ1) is 13.5. The van der Waals surface area contributed by atoms with Gasteiger partial charge >= 0.3 is 0 Å². The lowest BCUT2D eigenvalue weighted by atomic mass is 9.76. The minimum Gasteiger partial charge on any atom is -0.366 e. The zero-order chi connectivity index (χ0) is 13.3. The number of hydrogen-bond acceptors (Lipinski definition) is 3. The van der Waals surface area contributed by atoms with E-state index < -0.39 is 0 Å². The Morgan fingerprint density at radius 1 is 1.44 bits per heavy atom. The summed E-state index contributed by atoms with van der Waals surface area (Å²) in [7, 11) is 2.04. The number of rotatable bonds is 2. The van der Waals surface area contributed by atoms with E-state index in [1.54, 1.807) is 0 Å². The van der Waals surface area contributed by atoms with E-state index in [0.717, 1.165) is 18.8 Å². The maximum atomic E-state index is 4.19. The van der Waals surface area contributed by atoms with Crippen LogP contribution < -0.4 is 5.32 Å². The minimum atomic E-state index is 0.120. The van der Waals surface area contributed by atoms with Crippen LogP contribution in [0.1, 0.15) is 33.1 Å². The Kier molecular flexibility index (Phi) is 3.71. The second kappa shape index (κ2) is 4.96. The van der Waals surface area contributed by atoms with Crippen molar-refractivity contribution in [1.29, 1.82) is 0 Å². The first-order valence-electron chi connectivity index (χ1n) is 7.07. The van der Waals surface area contributed by atoms with Gasteiger partial charge in [0.05, 0.1) is 5.82 Å². The molecule has 0 aromatic heterocycles. The Balaban J connectivity index is 2.11. The Bertz CT molecular complexity index is 330. The van der Waals surface area contributed by atoms with Gasteiger partial charge in [0.15, 0.2) is 0 Å². The summed E-state index contributed by atoms with van der Waals surface area (Å²) in [5.74, 6) is 1.68. The second-order valence-corrected chi connectivity index (χ2v) is 6.02. The van der Waals surface area contributed by atoms with E-state index in [1.807, 2.05) is 7.05 Å². The highest BCUT2D eigenvalue weighted by Gasteiger charge is 2.40. The average molecular weight is 249 g/mol. The second-order valence-electron chi connectivity index (χ2n) is 6.02. The van der Waals surface area contributed by atoms with Crippen LogP contribution >= 0.6 is 0 Å². The van der Waals surface area contributed by atoms with Gasteiger partial charge in [-0.25, -0.2) is 0 Å². The van der Waals surface area contributed by atoms with Crippen LogP contribution in [-0.2, 0) is 0 Å². The molecule has 3 heteroatoms. The molecule has 0 amide bonds. The fourth-order valence-electron chi connectivity index (χ4n) is 3.30. The SMILES string of the molecule is C=C1C[C@@](C)(C2CCCN(CC)C2)NC(=C)N1C. The van der Waals surface area contributed by atoms with Gasteiger partial charge in [-0.1, -0.05) is 20.1 Å². The highest BCUT2D eigenvalue weighted by Crippen LogP contribution is 2.36. The largest absolute Gasteiger partial charge is 0.366 e. The Morgan fingerprint density at radius 2 is 2.17 bits per heavy atom. The van der Waals surface area contributed by atoms with Crippen molar-refractivity contribution in [3.05, 3.63) is 24.7 Å². The Morgan fingerprint density at radius 3 is 2.78 bits per heavy atom. The number of piperidine rings is 1. The number of likely N-dealkylation sites (tertiary alicyclic amines) is 1. The van der Waals surface area contributed by atoms with E-state index in [2.05, 4.69) is 42.1 Å². The molecule has 0 aromatic rings. The zero-order valence-electron chi connectivity index (χ0n) is 12.1. The molecule has 0 radical (unpaired) electrons. The molecule has 0 bridgehead atoms. The smallest absolute Gasteiger partial charge is 0.0982 e. The molecule has 2 aliphatic heterocycles. The molecule has 3 nitrogen and oxygen atoms in total. The van der Waals surface area contributed by atoms with Crippen molar-refractivity contribution in [2.45, 2.75) is 38.6 Å². The van der Waals surface area contributed by atoms with Crippen LogP contribution in [0.2, 0.25) is 0 Å². The van der Waals surface area contributed by atoms with Crippen LogP contribution in [0.4, 0.5) is 0 Å². The quantitative estimate of drug-likeness (QED) is 0.810. The molecule has 18 heavy (non-hydrogen) atoms. The van der Waals surface area contributed by atoms with Crippen LogP contribution in [0.15, 0.2) is 24.7 Å². The molecule has 2 heterocycles. The summed E-state index contributed by atoms with van der Waals surface area (Å²) in [6.07, 6.45) is 3.64. The van der Waals surface area contributed by atoms with Crippen LogP contribution in [0.5, 0.6) is 0 Å². The molecule has 2 rings (SSSR count). The summed E-state index contributed by atoms with van der Waals surface area (Å²) < 4.78 is 0. The van der Waals surface area contributed by atoms with E-state index in [1.165, 1.54) is 31.6 Å². The Labute approximate surface area is 112 Å². The van der Waals surface area contributed by atoms with Crippen molar-refractivity contribution in [2.75, 3.05) is 26.7 Å². The Hall–Kier alpha value is -0.960. The van der Waals surface area contributed by atoms with Gasteiger partial charge in [0, 0.05) is 31.2 Å². The lowest BCUT2D eigenvalue weighted by molar-refractivity contribution is 0.0929. The van der Waals surface area contributed by atoms with Crippen molar-refractivity contribution in [3.8, 4) is 0 Å². The normalized spacial score (nSPS) is 34.6. The third-order valence-electron chi connectivity index (χ3n) is 4.73. The number of hydrogen-bond donors (Lipinski definition) is 1. The zero-order valence-corrected chi connectivity index (χ0v) is 12.1. The van der Waals surface area contributed by atoms with Gasteiger partial charge in [-0.3, -0.25) is 0 Å². The summed E-state index contributed by atoms with van der Waals surface area (Å²) in [6, 6.07) is 0. The molecule has 2 fully saturated rings. The highest BCUT2D eigenvalue weighted by atomic mass is 15.3. The lowest BCUT2D eigenvalue weighted by Crippen LogP contribution is -2.58. The molecule has 1 unspecified atom stereocenters. The molecule has 0 saturated carbocycles.